The average molecular weight is 391 g/mol. The highest BCUT2D eigenvalue weighted by Gasteiger charge is 2.25. The zero-order valence-corrected chi connectivity index (χ0v) is 17.5. The van der Waals surface area contributed by atoms with Crippen LogP contribution in [-0.2, 0) is 0 Å². The molecule has 1 unspecified atom stereocenters. The Kier molecular flexibility index (Phi) is 6.02. The number of fused-ring (bicyclic) bond motifs is 1. The molecule has 1 aliphatic rings. The number of aromatic nitrogens is 3. The van der Waals surface area contributed by atoms with E-state index in [1.165, 1.54) is 0 Å². The topological polar surface area (TPSA) is 57.2 Å². The second-order valence-electron chi connectivity index (χ2n) is 8.18. The maximum absolute atomic E-state index is 4.88. The molecule has 1 saturated heterocycles. The lowest BCUT2D eigenvalue weighted by Crippen LogP contribution is -2.52. The molecule has 4 rings (SSSR count). The van der Waals surface area contributed by atoms with Gasteiger partial charge in [-0.05, 0) is 37.2 Å². The molecular formula is C23H30N6. The number of benzene rings is 1. The Hall–Kier alpha value is -2.57. The molecule has 0 bridgehead atoms. The fraction of sp³-hybridized carbons (Fsp3) is 0.435. The SMILES string of the molecule is CC(C)C(CNc1nc(-c2ccncc2)nc2ccccc12)N1CCN(C)CC1. The van der Waals surface area contributed by atoms with Crippen molar-refractivity contribution in [2.45, 2.75) is 19.9 Å². The van der Waals surface area contributed by atoms with E-state index in [2.05, 4.69) is 47.1 Å². The zero-order chi connectivity index (χ0) is 20.2. The van der Waals surface area contributed by atoms with Crippen molar-refractivity contribution in [2.75, 3.05) is 45.1 Å². The van der Waals surface area contributed by atoms with Gasteiger partial charge in [-0.25, -0.2) is 9.97 Å². The highest BCUT2D eigenvalue weighted by Crippen LogP contribution is 2.25. The van der Waals surface area contributed by atoms with Crippen molar-refractivity contribution in [1.29, 1.82) is 0 Å². The molecule has 1 N–H and O–H groups in total. The van der Waals surface area contributed by atoms with Crippen molar-refractivity contribution < 1.29 is 0 Å². The molecule has 3 aromatic rings. The molecule has 1 aromatic carbocycles. The number of anilines is 1. The second kappa shape index (κ2) is 8.84. The number of hydrogen-bond acceptors (Lipinski definition) is 6. The summed E-state index contributed by atoms with van der Waals surface area (Å²) in [6.45, 7) is 9.99. The minimum absolute atomic E-state index is 0.474. The van der Waals surface area contributed by atoms with Crippen LogP contribution in [0.15, 0.2) is 48.8 Å². The second-order valence-corrected chi connectivity index (χ2v) is 8.18. The van der Waals surface area contributed by atoms with Gasteiger partial charge >= 0.3 is 0 Å². The van der Waals surface area contributed by atoms with Crippen molar-refractivity contribution in [2.24, 2.45) is 5.92 Å². The molecule has 0 spiro atoms. The van der Waals surface area contributed by atoms with Crippen LogP contribution in [0.1, 0.15) is 13.8 Å². The average Bonchev–Trinajstić information content (AvgIpc) is 2.75. The van der Waals surface area contributed by atoms with Gasteiger partial charge < -0.3 is 10.2 Å². The lowest BCUT2D eigenvalue weighted by Gasteiger charge is -2.40. The van der Waals surface area contributed by atoms with E-state index in [1.54, 1.807) is 12.4 Å². The van der Waals surface area contributed by atoms with E-state index >= 15 is 0 Å². The smallest absolute Gasteiger partial charge is 0.162 e. The molecule has 152 valence electrons. The fourth-order valence-corrected chi connectivity index (χ4v) is 3.98. The number of nitrogens with one attached hydrogen (secondary N) is 1. The van der Waals surface area contributed by atoms with E-state index in [9.17, 15) is 0 Å². The third-order valence-corrected chi connectivity index (χ3v) is 5.80. The summed E-state index contributed by atoms with van der Waals surface area (Å²) in [7, 11) is 2.20. The molecule has 0 amide bonds. The Bertz CT molecular complexity index is 935. The molecule has 3 heterocycles. The van der Waals surface area contributed by atoms with Gasteiger partial charge in [-0.1, -0.05) is 26.0 Å². The predicted octanol–water partition coefficient (Wildman–Crippen LogP) is 3.38. The number of pyridine rings is 1. The first-order valence-electron chi connectivity index (χ1n) is 10.5. The Morgan fingerprint density at radius 2 is 1.69 bits per heavy atom. The lowest BCUT2D eigenvalue weighted by molar-refractivity contribution is 0.0944. The molecule has 29 heavy (non-hydrogen) atoms. The van der Waals surface area contributed by atoms with Crippen LogP contribution in [0.2, 0.25) is 0 Å². The van der Waals surface area contributed by atoms with Crippen LogP contribution >= 0.6 is 0 Å². The number of nitrogens with zero attached hydrogens (tertiary/aromatic N) is 5. The number of para-hydroxylation sites is 1. The monoisotopic (exact) mass is 390 g/mol. The van der Waals surface area contributed by atoms with Crippen molar-refractivity contribution in [3.8, 4) is 11.4 Å². The van der Waals surface area contributed by atoms with Gasteiger partial charge in [-0.15, -0.1) is 0 Å². The molecule has 1 aliphatic heterocycles. The Labute approximate surface area is 173 Å². The van der Waals surface area contributed by atoms with E-state index in [0.29, 0.717) is 12.0 Å². The number of likely N-dealkylation sites (N-methyl/N-ethyl adjacent to an activating group) is 1. The first-order valence-corrected chi connectivity index (χ1v) is 10.5. The van der Waals surface area contributed by atoms with Crippen molar-refractivity contribution >= 4 is 16.7 Å². The van der Waals surface area contributed by atoms with Gasteiger partial charge in [-0.2, -0.15) is 0 Å². The Balaban J connectivity index is 1.61. The van der Waals surface area contributed by atoms with Crippen LogP contribution in [0.3, 0.4) is 0 Å². The minimum Gasteiger partial charge on any atom is -0.368 e. The molecule has 0 aliphatic carbocycles. The summed E-state index contributed by atoms with van der Waals surface area (Å²) >= 11 is 0. The minimum atomic E-state index is 0.474. The van der Waals surface area contributed by atoms with Crippen LogP contribution in [0.4, 0.5) is 5.82 Å². The Morgan fingerprint density at radius 1 is 0.966 bits per heavy atom. The first-order chi connectivity index (χ1) is 14.1. The van der Waals surface area contributed by atoms with Crippen molar-refractivity contribution in [3.63, 3.8) is 0 Å². The van der Waals surface area contributed by atoms with E-state index in [4.69, 9.17) is 9.97 Å². The summed E-state index contributed by atoms with van der Waals surface area (Å²) in [5.41, 5.74) is 1.94. The molecular weight excluding hydrogens is 360 g/mol. The summed E-state index contributed by atoms with van der Waals surface area (Å²) in [5.74, 6) is 2.20. The van der Waals surface area contributed by atoms with Crippen LogP contribution < -0.4 is 5.32 Å². The van der Waals surface area contributed by atoms with Gasteiger partial charge in [-0.3, -0.25) is 9.88 Å². The van der Waals surface area contributed by atoms with E-state index in [1.807, 2.05) is 30.3 Å². The van der Waals surface area contributed by atoms with Crippen LogP contribution in [0.5, 0.6) is 0 Å². The van der Waals surface area contributed by atoms with Gasteiger partial charge in [0.1, 0.15) is 5.82 Å². The molecule has 0 saturated carbocycles. The summed E-state index contributed by atoms with van der Waals surface area (Å²) in [6.07, 6.45) is 3.56. The number of piperazine rings is 1. The van der Waals surface area contributed by atoms with Gasteiger partial charge in [0.25, 0.3) is 0 Å². The van der Waals surface area contributed by atoms with E-state index < -0.39 is 0 Å². The standard InChI is InChI=1S/C23H30N6/c1-17(2)21(29-14-12-28(3)13-15-29)16-25-23-19-6-4-5-7-20(19)26-22(27-23)18-8-10-24-11-9-18/h4-11,17,21H,12-16H2,1-3H3,(H,25,26,27). The zero-order valence-electron chi connectivity index (χ0n) is 17.5. The number of hydrogen-bond donors (Lipinski definition) is 1. The lowest BCUT2D eigenvalue weighted by atomic mass is 10.0. The Morgan fingerprint density at radius 3 is 2.41 bits per heavy atom. The highest BCUT2D eigenvalue weighted by atomic mass is 15.3. The van der Waals surface area contributed by atoms with Gasteiger partial charge in [0.15, 0.2) is 5.82 Å². The van der Waals surface area contributed by atoms with Gasteiger partial charge in [0.05, 0.1) is 5.52 Å². The molecule has 0 radical (unpaired) electrons. The first kappa shape index (κ1) is 19.7. The predicted molar refractivity (Wildman–Crippen MR) is 119 cm³/mol. The van der Waals surface area contributed by atoms with Crippen molar-refractivity contribution in [1.82, 2.24) is 24.8 Å². The van der Waals surface area contributed by atoms with Gasteiger partial charge in [0, 0.05) is 62.1 Å². The molecule has 6 nitrogen and oxygen atoms in total. The third kappa shape index (κ3) is 4.54. The summed E-state index contributed by atoms with van der Waals surface area (Å²) < 4.78 is 0. The van der Waals surface area contributed by atoms with Crippen LogP contribution in [0.25, 0.3) is 22.3 Å². The largest absolute Gasteiger partial charge is 0.368 e. The molecule has 1 fully saturated rings. The third-order valence-electron chi connectivity index (χ3n) is 5.80. The maximum Gasteiger partial charge on any atom is 0.162 e. The number of rotatable bonds is 6. The maximum atomic E-state index is 4.88. The van der Waals surface area contributed by atoms with Crippen molar-refractivity contribution in [3.05, 3.63) is 48.8 Å². The quantitative estimate of drug-likeness (QED) is 0.696. The summed E-state index contributed by atoms with van der Waals surface area (Å²) in [4.78, 5) is 18.8. The summed E-state index contributed by atoms with van der Waals surface area (Å²) in [5, 5.41) is 4.73. The molecule has 1 atom stereocenters. The van der Waals surface area contributed by atoms with E-state index in [-0.39, 0.29) is 0 Å². The fourth-order valence-electron chi connectivity index (χ4n) is 3.98. The molecule has 2 aromatic heterocycles. The summed E-state index contributed by atoms with van der Waals surface area (Å²) in [6, 6.07) is 12.6. The normalized spacial score (nSPS) is 17.0. The molecule has 6 heteroatoms. The van der Waals surface area contributed by atoms with Crippen LogP contribution in [-0.4, -0.2) is 70.6 Å². The van der Waals surface area contributed by atoms with Crippen LogP contribution in [0, 0.1) is 5.92 Å². The van der Waals surface area contributed by atoms with Gasteiger partial charge in [0.2, 0.25) is 0 Å². The van der Waals surface area contributed by atoms with E-state index in [0.717, 1.165) is 60.8 Å². The highest BCUT2D eigenvalue weighted by molar-refractivity contribution is 5.90.